The lowest BCUT2D eigenvalue weighted by molar-refractivity contribution is 0.0192. The number of para-hydroxylation sites is 1. The third-order valence-electron chi connectivity index (χ3n) is 8.77. The van der Waals surface area contributed by atoms with Crippen molar-refractivity contribution in [3.05, 3.63) is 60.9 Å². The van der Waals surface area contributed by atoms with Gasteiger partial charge in [0.2, 0.25) is 0 Å². The summed E-state index contributed by atoms with van der Waals surface area (Å²) in [5.74, 6) is 1.83. The lowest BCUT2D eigenvalue weighted by atomic mass is 9.95. The maximum absolute atomic E-state index is 15.9. The molecule has 0 saturated carbocycles. The maximum atomic E-state index is 15.9. The first-order valence-corrected chi connectivity index (χ1v) is 14.3. The van der Waals surface area contributed by atoms with Gasteiger partial charge in [0, 0.05) is 56.9 Å². The molecule has 0 radical (unpaired) electrons. The SMILES string of the molecule is Nc1ncnc2c1c(-c1ccc(Oc3ccccc3)cc1)nn2[C@@H]1CCN(C2CCN(C3CNC3)CC2)C[C@@H]1F. The number of nitrogen functional groups attached to an aromatic ring is 1. The number of hydrogen-bond donors (Lipinski definition) is 2. The van der Waals surface area contributed by atoms with Crippen molar-refractivity contribution in [1.82, 2.24) is 34.9 Å². The van der Waals surface area contributed by atoms with E-state index in [1.807, 2.05) is 54.6 Å². The fraction of sp³-hybridized carbons (Fsp3) is 0.433. The highest BCUT2D eigenvalue weighted by atomic mass is 19.1. The van der Waals surface area contributed by atoms with Crippen LogP contribution in [0.1, 0.15) is 25.3 Å². The van der Waals surface area contributed by atoms with Gasteiger partial charge in [0.25, 0.3) is 0 Å². The summed E-state index contributed by atoms with van der Waals surface area (Å²) in [4.78, 5) is 13.7. The molecular formula is C30H35FN8O. The summed E-state index contributed by atoms with van der Waals surface area (Å²) in [5.41, 5.74) is 8.42. The van der Waals surface area contributed by atoms with Gasteiger partial charge in [-0.15, -0.1) is 0 Å². The Labute approximate surface area is 233 Å². The lowest BCUT2D eigenvalue weighted by Crippen LogP contribution is -2.60. The van der Waals surface area contributed by atoms with Crippen molar-refractivity contribution in [3.8, 4) is 22.8 Å². The Bertz CT molecular complexity index is 1450. The molecule has 208 valence electrons. The Balaban J connectivity index is 1.09. The normalized spacial score (nSPS) is 23.3. The van der Waals surface area contributed by atoms with Crippen molar-refractivity contribution in [2.45, 2.75) is 43.6 Å². The van der Waals surface area contributed by atoms with Crippen LogP contribution in [0.15, 0.2) is 60.9 Å². The number of anilines is 1. The minimum atomic E-state index is -1.05. The van der Waals surface area contributed by atoms with Gasteiger partial charge < -0.3 is 15.8 Å². The number of benzene rings is 2. The van der Waals surface area contributed by atoms with E-state index >= 15 is 4.39 Å². The van der Waals surface area contributed by atoms with E-state index in [-0.39, 0.29) is 0 Å². The highest BCUT2D eigenvalue weighted by Crippen LogP contribution is 2.36. The van der Waals surface area contributed by atoms with Crippen molar-refractivity contribution in [2.75, 3.05) is 45.0 Å². The fourth-order valence-electron chi connectivity index (χ4n) is 6.41. The molecule has 9 nitrogen and oxygen atoms in total. The quantitative estimate of drug-likeness (QED) is 0.379. The van der Waals surface area contributed by atoms with Gasteiger partial charge in [0.1, 0.15) is 35.5 Å². The molecule has 5 heterocycles. The van der Waals surface area contributed by atoms with E-state index in [4.69, 9.17) is 15.6 Å². The molecule has 3 fully saturated rings. The first-order valence-electron chi connectivity index (χ1n) is 14.3. The summed E-state index contributed by atoms with van der Waals surface area (Å²) in [6.07, 6.45) is 3.28. The van der Waals surface area contributed by atoms with E-state index in [0.717, 1.165) is 56.9 Å². The molecule has 7 rings (SSSR count). The largest absolute Gasteiger partial charge is 0.457 e. The number of nitrogens with one attached hydrogen (secondary N) is 1. The summed E-state index contributed by atoms with van der Waals surface area (Å²) in [7, 11) is 0. The van der Waals surface area contributed by atoms with E-state index in [9.17, 15) is 0 Å². The number of halogens is 1. The Hall–Kier alpha value is -3.60. The molecular weight excluding hydrogens is 507 g/mol. The number of fused-ring (bicyclic) bond motifs is 1. The average Bonchev–Trinajstić information content (AvgIpc) is 3.34. The Morgan fingerprint density at radius 3 is 2.27 bits per heavy atom. The molecule has 3 saturated heterocycles. The van der Waals surface area contributed by atoms with Crippen molar-refractivity contribution in [2.24, 2.45) is 0 Å². The van der Waals surface area contributed by atoms with Crippen LogP contribution < -0.4 is 15.8 Å². The molecule has 0 spiro atoms. The van der Waals surface area contributed by atoms with Crippen LogP contribution in [-0.2, 0) is 0 Å². The van der Waals surface area contributed by atoms with Crippen molar-refractivity contribution in [1.29, 1.82) is 0 Å². The molecule has 0 bridgehead atoms. The van der Waals surface area contributed by atoms with E-state index in [1.54, 1.807) is 4.68 Å². The van der Waals surface area contributed by atoms with Crippen LogP contribution in [0.5, 0.6) is 11.5 Å². The zero-order valence-electron chi connectivity index (χ0n) is 22.5. The Kier molecular flexibility index (Phi) is 6.82. The van der Waals surface area contributed by atoms with Gasteiger partial charge in [-0.1, -0.05) is 18.2 Å². The number of hydrogen-bond acceptors (Lipinski definition) is 8. The predicted octanol–water partition coefficient (Wildman–Crippen LogP) is 3.89. The van der Waals surface area contributed by atoms with Gasteiger partial charge in [-0.05, 0) is 55.7 Å². The molecule has 10 heteroatoms. The second-order valence-corrected chi connectivity index (χ2v) is 11.1. The van der Waals surface area contributed by atoms with Gasteiger partial charge in [-0.25, -0.2) is 19.0 Å². The van der Waals surface area contributed by atoms with Gasteiger partial charge in [-0.2, -0.15) is 5.10 Å². The summed E-state index contributed by atoms with van der Waals surface area (Å²) >= 11 is 0. The second-order valence-electron chi connectivity index (χ2n) is 11.1. The van der Waals surface area contributed by atoms with Gasteiger partial charge in [-0.3, -0.25) is 9.80 Å². The molecule has 4 aromatic rings. The number of likely N-dealkylation sites (tertiary alicyclic amines) is 2. The van der Waals surface area contributed by atoms with E-state index in [1.165, 1.54) is 6.33 Å². The molecule has 0 amide bonds. The smallest absolute Gasteiger partial charge is 0.164 e. The van der Waals surface area contributed by atoms with Crippen LogP contribution in [0.4, 0.5) is 10.2 Å². The number of alkyl halides is 1. The van der Waals surface area contributed by atoms with Crippen molar-refractivity contribution < 1.29 is 9.13 Å². The minimum absolute atomic E-state index is 0.345. The average molecular weight is 543 g/mol. The zero-order chi connectivity index (χ0) is 27.1. The predicted molar refractivity (Wildman–Crippen MR) is 153 cm³/mol. The summed E-state index contributed by atoms with van der Waals surface area (Å²) in [6, 6.07) is 18.1. The summed E-state index contributed by atoms with van der Waals surface area (Å²) < 4.78 is 23.6. The number of rotatable bonds is 6. The molecule has 2 aromatic carbocycles. The third kappa shape index (κ3) is 4.80. The second kappa shape index (κ2) is 10.8. The molecule has 2 atom stereocenters. The Morgan fingerprint density at radius 2 is 1.57 bits per heavy atom. The highest BCUT2D eigenvalue weighted by Gasteiger charge is 2.38. The molecule has 0 aliphatic carbocycles. The first kappa shape index (κ1) is 25.4. The minimum Gasteiger partial charge on any atom is -0.457 e. The van der Waals surface area contributed by atoms with E-state index in [0.29, 0.717) is 53.3 Å². The van der Waals surface area contributed by atoms with Crippen LogP contribution in [0, 0.1) is 0 Å². The van der Waals surface area contributed by atoms with Gasteiger partial charge >= 0.3 is 0 Å². The maximum Gasteiger partial charge on any atom is 0.164 e. The standard InChI is InChI=1S/C30H35FN8O/c31-25-18-38(21-10-13-37(14-11-21)22-16-33-17-22)15-12-26(25)39-30-27(29(32)34-19-35-30)28(36-39)20-6-8-24(9-7-20)40-23-4-2-1-3-5-23/h1-9,19,21-22,25-26,33H,10-18H2,(H2,32,34,35)/t25-,26+/m0/s1. The van der Waals surface area contributed by atoms with E-state index in [2.05, 4.69) is 25.1 Å². The monoisotopic (exact) mass is 542 g/mol. The van der Waals surface area contributed by atoms with Crippen LogP contribution in [0.2, 0.25) is 0 Å². The molecule has 3 N–H and O–H groups in total. The molecule has 0 unspecified atom stereocenters. The van der Waals surface area contributed by atoms with Crippen LogP contribution >= 0.6 is 0 Å². The lowest BCUT2D eigenvalue weighted by Gasteiger charge is -2.46. The fourth-order valence-corrected chi connectivity index (χ4v) is 6.41. The van der Waals surface area contributed by atoms with Crippen LogP contribution in [-0.4, -0.2) is 87.1 Å². The first-order chi connectivity index (χ1) is 19.6. The number of piperidine rings is 2. The molecule has 3 aliphatic rings. The number of nitrogens with two attached hydrogens (primary N) is 1. The van der Waals surface area contributed by atoms with Crippen molar-refractivity contribution in [3.63, 3.8) is 0 Å². The zero-order valence-corrected chi connectivity index (χ0v) is 22.5. The third-order valence-corrected chi connectivity index (χ3v) is 8.77. The summed E-state index contributed by atoms with van der Waals surface area (Å²) in [6.45, 7) is 5.68. The van der Waals surface area contributed by atoms with Crippen LogP contribution in [0.3, 0.4) is 0 Å². The van der Waals surface area contributed by atoms with Gasteiger partial charge in [0.15, 0.2) is 5.65 Å². The highest BCUT2D eigenvalue weighted by molar-refractivity contribution is 5.98. The van der Waals surface area contributed by atoms with Gasteiger partial charge in [0.05, 0.1) is 11.4 Å². The molecule has 3 aliphatic heterocycles. The topological polar surface area (TPSA) is 97.4 Å². The molecule has 2 aromatic heterocycles. The summed E-state index contributed by atoms with van der Waals surface area (Å²) in [5, 5.41) is 8.94. The number of ether oxygens (including phenoxy) is 1. The van der Waals surface area contributed by atoms with Crippen molar-refractivity contribution >= 4 is 16.9 Å². The van der Waals surface area contributed by atoms with E-state index < -0.39 is 12.2 Å². The molecule has 40 heavy (non-hydrogen) atoms. The Morgan fingerprint density at radius 1 is 0.850 bits per heavy atom. The number of nitrogens with zero attached hydrogens (tertiary/aromatic N) is 6. The number of aromatic nitrogens is 4. The van der Waals surface area contributed by atoms with Crippen LogP contribution in [0.25, 0.3) is 22.3 Å².